The Kier molecular flexibility index (Phi) is 2.89. The highest BCUT2D eigenvalue weighted by Gasteiger charge is 2.38. The molecule has 1 fully saturated rings. The molecule has 1 saturated carbocycles. The van der Waals surface area contributed by atoms with Gasteiger partial charge < -0.3 is 14.7 Å². The molecule has 0 radical (unpaired) electrons. The first-order valence-electron chi connectivity index (χ1n) is 6.36. The fraction of sp³-hybridized carbons (Fsp3) is 0.429. The number of hydrogen-bond acceptors (Lipinski definition) is 4. The molecule has 0 amide bonds. The monoisotopic (exact) mass is 261 g/mol. The number of nitrogens with zero attached hydrogens (tertiary/aromatic N) is 1. The summed E-state index contributed by atoms with van der Waals surface area (Å²) in [6.07, 6.45) is 3.39. The van der Waals surface area contributed by atoms with Gasteiger partial charge in [0, 0.05) is 11.5 Å². The average Bonchev–Trinajstić information content (AvgIpc) is 3.00. The van der Waals surface area contributed by atoms with Gasteiger partial charge in [-0.2, -0.15) is 0 Å². The first-order valence-corrected chi connectivity index (χ1v) is 6.36. The average molecular weight is 261 g/mol. The predicted octanol–water partition coefficient (Wildman–Crippen LogP) is 2.30. The van der Waals surface area contributed by atoms with E-state index < -0.39 is 5.97 Å². The summed E-state index contributed by atoms with van der Waals surface area (Å²) in [7, 11) is 1.46. The van der Waals surface area contributed by atoms with Gasteiger partial charge in [-0.15, -0.1) is 0 Å². The Balaban J connectivity index is 1.98. The number of methoxy groups -OCH3 is 1. The van der Waals surface area contributed by atoms with Crippen molar-refractivity contribution in [3.05, 3.63) is 29.3 Å². The molecule has 1 aromatic rings. The summed E-state index contributed by atoms with van der Waals surface area (Å²) < 4.78 is 5.06. The molecule has 5 heteroatoms. The molecule has 2 unspecified atom stereocenters. The molecule has 0 spiro atoms. The minimum Gasteiger partial charge on any atom is -0.496 e. The number of aromatic carboxylic acids is 1. The Labute approximate surface area is 110 Å². The molecule has 1 aromatic carbocycles. The summed E-state index contributed by atoms with van der Waals surface area (Å²) in [6, 6.07) is 5.13. The number of hydrogen-bond donors (Lipinski definition) is 1. The van der Waals surface area contributed by atoms with Crippen LogP contribution in [0, 0.1) is 5.92 Å². The van der Waals surface area contributed by atoms with E-state index in [4.69, 9.17) is 9.57 Å². The topological polar surface area (TPSA) is 68.1 Å². The van der Waals surface area contributed by atoms with Gasteiger partial charge in [0.15, 0.2) is 0 Å². The SMILES string of the molecule is COc1ccc(C2=NOC3CCCC23)cc1C(=O)O. The summed E-state index contributed by atoms with van der Waals surface area (Å²) in [5, 5.41) is 13.3. The first kappa shape index (κ1) is 12.0. The quantitative estimate of drug-likeness (QED) is 0.906. The minimum absolute atomic E-state index is 0.157. The minimum atomic E-state index is -0.999. The van der Waals surface area contributed by atoms with E-state index in [1.165, 1.54) is 7.11 Å². The van der Waals surface area contributed by atoms with Crippen LogP contribution < -0.4 is 4.74 Å². The van der Waals surface area contributed by atoms with Gasteiger partial charge in [-0.1, -0.05) is 5.16 Å². The number of ether oxygens (including phenoxy) is 1. The van der Waals surface area contributed by atoms with Crippen LogP contribution in [0.1, 0.15) is 35.2 Å². The van der Waals surface area contributed by atoms with Crippen LogP contribution in [-0.2, 0) is 4.84 Å². The van der Waals surface area contributed by atoms with Gasteiger partial charge in [0.05, 0.1) is 12.8 Å². The number of carboxylic acids is 1. The van der Waals surface area contributed by atoms with Crippen molar-refractivity contribution in [2.45, 2.75) is 25.4 Å². The molecule has 1 heterocycles. The zero-order valence-corrected chi connectivity index (χ0v) is 10.6. The highest BCUT2D eigenvalue weighted by atomic mass is 16.6. The first-order chi connectivity index (χ1) is 9.20. The maximum atomic E-state index is 11.2. The standard InChI is InChI=1S/C14H15NO4/c1-18-11-6-5-8(7-10(11)14(16)17)13-9-3-2-4-12(9)19-15-13/h5-7,9,12H,2-4H2,1H3,(H,16,17). The lowest BCUT2D eigenvalue weighted by Gasteiger charge is -2.11. The van der Waals surface area contributed by atoms with Crippen LogP contribution >= 0.6 is 0 Å². The van der Waals surface area contributed by atoms with Crippen LogP contribution in [0.25, 0.3) is 0 Å². The molecule has 1 N–H and O–H groups in total. The second-order valence-corrected chi connectivity index (χ2v) is 4.88. The highest BCUT2D eigenvalue weighted by Crippen LogP contribution is 2.36. The summed E-state index contributed by atoms with van der Waals surface area (Å²) in [5.41, 5.74) is 1.84. The number of carbonyl (C=O) groups is 1. The van der Waals surface area contributed by atoms with Crippen molar-refractivity contribution in [1.82, 2.24) is 0 Å². The lowest BCUT2D eigenvalue weighted by atomic mass is 9.93. The largest absolute Gasteiger partial charge is 0.496 e. The van der Waals surface area contributed by atoms with Crippen molar-refractivity contribution in [2.24, 2.45) is 11.1 Å². The predicted molar refractivity (Wildman–Crippen MR) is 68.7 cm³/mol. The van der Waals surface area contributed by atoms with Crippen molar-refractivity contribution in [1.29, 1.82) is 0 Å². The lowest BCUT2D eigenvalue weighted by molar-refractivity contribution is 0.0693. The fourth-order valence-corrected chi connectivity index (χ4v) is 2.86. The molecule has 100 valence electrons. The van der Waals surface area contributed by atoms with Crippen molar-refractivity contribution in [3.8, 4) is 5.75 Å². The second kappa shape index (κ2) is 4.57. The third kappa shape index (κ3) is 1.95. The normalized spacial score (nSPS) is 24.6. The van der Waals surface area contributed by atoms with Crippen LogP contribution in [0.15, 0.2) is 23.4 Å². The van der Waals surface area contributed by atoms with E-state index >= 15 is 0 Å². The highest BCUT2D eigenvalue weighted by molar-refractivity contribution is 6.05. The molecule has 1 aliphatic carbocycles. The zero-order valence-electron chi connectivity index (χ0n) is 10.6. The molecule has 19 heavy (non-hydrogen) atoms. The molecule has 0 aromatic heterocycles. The molecule has 2 aliphatic rings. The third-order valence-electron chi connectivity index (χ3n) is 3.82. The number of benzene rings is 1. The molecule has 0 saturated heterocycles. The van der Waals surface area contributed by atoms with Crippen molar-refractivity contribution >= 4 is 11.7 Å². The van der Waals surface area contributed by atoms with Gasteiger partial charge >= 0.3 is 5.97 Å². The van der Waals surface area contributed by atoms with E-state index in [0.717, 1.165) is 30.5 Å². The van der Waals surface area contributed by atoms with Crippen molar-refractivity contribution in [3.63, 3.8) is 0 Å². The number of rotatable bonds is 3. The van der Waals surface area contributed by atoms with Crippen LogP contribution in [0.2, 0.25) is 0 Å². The Morgan fingerprint density at radius 1 is 1.47 bits per heavy atom. The molecule has 3 rings (SSSR count). The summed E-state index contributed by atoms with van der Waals surface area (Å²) in [4.78, 5) is 16.6. The van der Waals surface area contributed by atoms with Gasteiger partial charge in [0.25, 0.3) is 0 Å². The lowest BCUT2D eigenvalue weighted by Crippen LogP contribution is -2.18. The summed E-state index contributed by atoms with van der Waals surface area (Å²) >= 11 is 0. The molecule has 5 nitrogen and oxygen atoms in total. The van der Waals surface area contributed by atoms with Gasteiger partial charge in [-0.05, 0) is 37.5 Å². The van der Waals surface area contributed by atoms with Crippen LogP contribution in [0.4, 0.5) is 0 Å². The van der Waals surface area contributed by atoms with Gasteiger partial charge in [-0.3, -0.25) is 0 Å². The Bertz CT molecular complexity index is 552. The number of carboxylic acid groups (broad SMARTS) is 1. The second-order valence-electron chi connectivity index (χ2n) is 4.88. The Hall–Kier alpha value is -2.04. The molecular formula is C14H15NO4. The van der Waals surface area contributed by atoms with Gasteiger partial charge in [-0.25, -0.2) is 4.79 Å². The van der Waals surface area contributed by atoms with E-state index in [-0.39, 0.29) is 11.7 Å². The fourth-order valence-electron chi connectivity index (χ4n) is 2.86. The van der Waals surface area contributed by atoms with E-state index in [1.54, 1.807) is 12.1 Å². The van der Waals surface area contributed by atoms with Gasteiger partial charge in [0.1, 0.15) is 17.4 Å². The smallest absolute Gasteiger partial charge is 0.339 e. The van der Waals surface area contributed by atoms with Crippen LogP contribution in [0.5, 0.6) is 5.75 Å². The Morgan fingerprint density at radius 3 is 3.05 bits per heavy atom. The molecule has 2 atom stereocenters. The van der Waals surface area contributed by atoms with Gasteiger partial charge in [0.2, 0.25) is 0 Å². The van der Waals surface area contributed by atoms with Crippen molar-refractivity contribution < 1.29 is 19.5 Å². The summed E-state index contributed by atoms with van der Waals surface area (Å²) in [6.45, 7) is 0. The van der Waals surface area contributed by atoms with Crippen LogP contribution in [0.3, 0.4) is 0 Å². The maximum absolute atomic E-state index is 11.2. The zero-order chi connectivity index (χ0) is 13.4. The van der Waals surface area contributed by atoms with Crippen LogP contribution in [-0.4, -0.2) is 30.0 Å². The molecule has 1 aliphatic heterocycles. The molecular weight excluding hydrogens is 246 g/mol. The summed E-state index contributed by atoms with van der Waals surface area (Å²) in [5.74, 6) is -0.338. The number of oxime groups is 1. The maximum Gasteiger partial charge on any atom is 0.339 e. The Morgan fingerprint density at radius 2 is 2.32 bits per heavy atom. The van der Waals surface area contributed by atoms with E-state index in [0.29, 0.717) is 11.7 Å². The van der Waals surface area contributed by atoms with E-state index in [1.807, 2.05) is 6.07 Å². The van der Waals surface area contributed by atoms with E-state index in [2.05, 4.69) is 5.16 Å². The third-order valence-corrected chi connectivity index (χ3v) is 3.82. The van der Waals surface area contributed by atoms with E-state index in [9.17, 15) is 9.90 Å². The van der Waals surface area contributed by atoms with Crippen molar-refractivity contribution in [2.75, 3.05) is 7.11 Å². The number of fused-ring (bicyclic) bond motifs is 1. The molecule has 0 bridgehead atoms.